The van der Waals surface area contributed by atoms with Crippen LogP contribution in [-0.4, -0.2) is 26.4 Å². The summed E-state index contributed by atoms with van der Waals surface area (Å²) in [5, 5.41) is 9.63. The van der Waals surface area contributed by atoms with Gasteiger partial charge in [-0.2, -0.15) is 0 Å². The van der Waals surface area contributed by atoms with Crippen molar-refractivity contribution < 1.29 is 9.90 Å². The molecule has 0 aliphatic carbocycles. The predicted octanol–water partition coefficient (Wildman–Crippen LogP) is 4.19. The molecule has 1 heterocycles. The zero-order valence-electron chi connectivity index (χ0n) is 11.6. The summed E-state index contributed by atoms with van der Waals surface area (Å²) in [6.07, 6.45) is 0. The molecule has 2 aromatic rings. The fraction of sp³-hybridized carbons (Fsp3) is 0.429. The first kappa shape index (κ1) is 15.4. The van der Waals surface area contributed by atoms with Gasteiger partial charge in [0.05, 0.1) is 16.8 Å². The van der Waals surface area contributed by atoms with E-state index in [2.05, 4.69) is 46.3 Å². The Hall–Kier alpha value is -1.01. The van der Waals surface area contributed by atoms with Gasteiger partial charge in [0, 0.05) is 10.5 Å². The molecule has 1 aromatic carbocycles. The number of aromatic nitrogens is 2. The van der Waals surface area contributed by atoms with Gasteiger partial charge < -0.3 is 9.67 Å². The van der Waals surface area contributed by atoms with Crippen molar-refractivity contribution in [2.75, 3.05) is 5.75 Å². The average molecular weight is 357 g/mol. The monoisotopic (exact) mass is 356 g/mol. The molecule has 0 saturated heterocycles. The number of nitrogens with zero attached hydrogens (tertiary/aromatic N) is 2. The number of rotatable bonds is 5. The summed E-state index contributed by atoms with van der Waals surface area (Å²) in [6.45, 7) is 6.45. The molecule has 108 valence electrons. The van der Waals surface area contributed by atoms with Gasteiger partial charge in [0.15, 0.2) is 5.16 Å². The van der Waals surface area contributed by atoms with Crippen molar-refractivity contribution in [2.45, 2.75) is 32.0 Å². The third-order valence-corrected chi connectivity index (χ3v) is 4.75. The molecule has 20 heavy (non-hydrogen) atoms. The van der Waals surface area contributed by atoms with Gasteiger partial charge in [0.25, 0.3) is 0 Å². The number of hydrogen-bond acceptors (Lipinski definition) is 3. The van der Waals surface area contributed by atoms with Crippen molar-refractivity contribution in [2.24, 2.45) is 5.92 Å². The summed E-state index contributed by atoms with van der Waals surface area (Å²) in [5.41, 5.74) is 1.93. The molecule has 1 N–H and O–H groups in total. The van der Waals surface area contributed by atoms with Gasteiger partial charge in [0.2, 0.25) is 0 Å². The van der Waals surface area contributed by atoms with Crippen LogP contribution in [0, 0.1) is 5.92 Å². The second-order valence-electron chi connectivity index (χ2n) is 5.06. The zero-order valence-corrected chi connectivity index (χ0v) is 14.0. The quantitative estimate of drug-likeness (QED) is 0.815. The standard InChI is InChI=1S/C14H17BrN2O2S/c1-8(2)9(3)17-12-5-4-10(15)6-11(12)16-14(17)20-7-13(18)19/h4-6,8-9H,7H2,1-3H3,(H,18,19). The van der Waals surface area contributed by atoms with E-state index < -0.39 is 5.97 Å². The molecule has 6 heteroatoms. The van der Waals surface area contributed by atoms with E-state index in [1.165, 1.54) is 11.8 Å². The molecule has 0 aliphatic rings. The van der Waals surface area contributed by atoms with Crippen molar-refractivity contribution in [1.82, 2.24) is 9.55 Å². The number of imidazole rings is 1. The third kappa shape index (κ3) is 3.17. The number of halogens is 1. The van der Waals surface area contributed by atoms with E-state index in [0.717, 1.165) is 20.7 Å². The van der Waals surface area contributed by atoms with E-state index in [9.17, 15) is 4.79 Å². The minimum absolute atomic E-state index is 0.0231. The smallest absolute Gasteiger partial charge is 0.313 e. The lowest BCUT2D eigenvalue weighted by molar-refractivity contribution is -0.133. The maximum absolute atomic E-state index is 10.8. The van der Waals surface area contributed by atoms with Gasteiger partial charge in [-0.25, -0.2) is 4.98 Å². The lowest BCUT2D eigenvalue weighted by Crippen LogP contribution is -2.13. The summed E-state index contributed by atoms with van der Waals surface area (Å²) in [5.74, 6) is -0.359. The number of carboxylic acid groups (broad SMARTS) is 1. The van der Waals surface area contributed by atoms with Gasteiger partial charge in [-0.15, -0.1) is 0 Å². The first-order chi connectivity index (χ1) is 9.40. The molecule has 0 saturated carbocycles. The van der Waals surface area contributed by atoms with Crippen LogP contribution in [0.4, 0.5) is 0 Å². The number of thioether (sulfide) groups is 1. The van der Waals surface area contributed by atoms with E-state index in [1.54, 1.807) is 0 Å². The number of benzene rings is 1. The molecule has 0 aliphatic heterocycles. The van der Waals surface area contributed by atoms with Crippen LogP contribution in [0.5, 0.6) is 0 Å². The van der Waals surface area contributed by atoms with Gasteiger partial charge >= 0.3 is 5.97 Å². The van der Waals surface area contributed by atoms with Crippen LogP contribution in [0.15, 0.2) is 27.8 Å². The van der Waals surface area contributed by atoms with Crippen LogP contribution < -0.4 is 0 Å². The molecule has 0 radical (unpaired) electrons. The minimum atomic E-state index is -0.827. The second kappa shape index (κ2) is 6.18. The molecule has 0 bridgehead atoms. The van der Waals surface area contributed by atoms with E-state index >= 15 is 0 Å². The minimum Gasteiger partial charge on any atom is -0.481 e. The molecule has 2 rings (SSSR count). The van der Waals surface area contributed by atoms with Crippen molar-refractivity contribution in [3.05, 3.63) is 22.7 Å². The highest BCUT2D eigenvalue weighted by molar-refractivity contribution is 9.10. The Morgan fingerprint density at radius 3 is 2.75 bits per heavy atom. The Bertz CT molecular complexity index is 639. The highest BCUT2D eigenvalue weighted by atomic mass is 79.9. The Morgan fingerprint density at radius 1 is 1.45 bits per heavy atom. The van der Waals surface area contributed by atoms with Gasteiger partial charge in [-0.1, -0.05) is 41.5 Å². The second-order valence-corrected chi connectivity index (χ2v) is 6.92. The van der Waals surface area contributed by atoms with E-state index in [-0.39, 0.29) is 11.8 Å². The molecule has 0 spiro atoms. The van der Waals surface area contributed by atoms with Gasteiger partial charge in [-0.05, 0) is 31.0 Å². The number of aliphatic carboxylic acids is 1. The highest BCUT2D eigenvalue weighted by Gasteiger charge is 2.19. The fourth-order valence-electron chi connectivity index (χ4n) is 1.97. The lowest BCUT2D eigenvalue weighted by atomic mass is 10.1. The Balaban J connectivity index is 2.53. The number of fused-ring (bicyclic) bond motifs is 1. The predicted molar refractivity (Wildman–Crippen MR) is 85.3 cm³/mol. The van der Waals surface area contributed by atoms with Crippen molar-refractivity contribution in [3.63, 3.8) is 0 Å². The SMILES string of the molecule is CC(C)C(C)n1c(SCC(=O)O)nc2cc(Br)ccc21. The maximum atomic E-state index is 10.8. The zero-order chi connectivity index (χ0) is 14.9. The van der Waals surface area contributed by atoms with Gasteiger partial charge in [0.1, 0.15) is 0 Å². The van der Waals surface area contributed by atoms with Crippen molar-refractivity contribution in [3.8, 4) is 0 Å². The highest BCUT2D eigenvalue weighted by Crippen LogP contribution is 2.32. The summed E-state index contributed by atoms with van der Waals surface area (Å²) in [6, 6.07) is 6.23. The van der Waals surface area contributed by atoms with Crippen LogP contribution >= 0.6 is 27.7 Å². The molecule has 1 aromatic heterocycles. The maximum Gasteiger partial charge on any atom is 0.313 e. The number of carboxylic acids is 1. The Kier molecular flexibility index (Phi) is 4.75. The molecule has 4 nitrogen and oxygen atoms in total. The topological polar surface area (TPSA) is 55.1 Å². The summed E-state index contributed by atoms with van der Waals surface area (Å²) in [4.78, 5) is 15.4. The van der Waals surface area contributed by atoms with Crippen molar-refractivity contribution in [1.29, 1.82) is 0 Å². The first-order valence-electron chi connectivity index (χ1n) is 6.42. The van der Waals surface area contributed by atoms with Crippen molar-refractivity contribution >= 4 is 44.7 Å². The first-order valence-corrected chi connectivity index (χ1v) is 8.20. The van der Waals surface area contributed by atoms with E-state index in [0.29, 0.717) is 5.92 Å². The molecular formula is C14H17BrN2O2S. The summed E-state index contributed by atoms with van der Waals surface area (Å²) < 4.78 is 3.11. The van der Waals surface area contributed by atoms with E-state index in [4.69, 9.17) is 5.11 Å². The van der Waals surface area contributed by atoms with Crippen LogP contribution in [0.2, 0.25) is 0 Å². The normalized spacial score (nSPS) is 13.1. The lowest BCUT2D eigenvalue weighted by Gasteiger charge is -2.20. The van der Waals surface area contributed by atoms with Crippen LogP contribution in [0.1, 0.15) is 26.8 Å². The summed E-state index contributed by atoms with van der Waals surface area (Å²) in [7, 11) is 0. The van der Waals surface area contributed by atoms with Crippen LogP contribution in [0.25, 0.3) is 11.0 Å². The third-order valence-electron chi connectivity index (χ3n) is 3.32. The Morgan fingerprint density at radius 2 is 2.15 bits per heavy atom. The van der Waals surface area contributed by atoms with Crippen LogP contribution in [-0.2, 0) is 4.79 Å². The van der Waals surface area contributed by atoms with Crippen LogP contribution in [0.3, 0.4) is 0 Å². The molecule has 0 fully saturated rings. The molecule has 0 amide bonds. The average Bonchev–Trinajstić information content (AvgIpc) is 2.72. The van der Waals surface area contributed by atoms with E-state index in [1.807, 2.05) is 18.2 Å². The molecule has 1 atom stereocenters. The Labute approximate surface area is 130 Å². The summed E-state index contributed by atoms with van der Waals surface area (Å²) >= 11 is 4.71. The van der Waals surface area contributed by atoms with Gasteiger partial charge in [-0.3, -0.25) is 4.79 Å². The largest absolute Gasteiger partial charge is 0.481 e. The number of carbonyl (C=O) groups is 1. The fourth-order valence-corrected chi connectivity index (χ4v) is 3.14. The molecule has 1 unspecified atom stereocenters. The number of hydrogen-bond donors (Lipinski definition) is 1. The molecular weight excluding hydrogens is 340 g/mol.